The first kappa shape index (κ1) is 14.4. The monoisotopic (exact) mass is 216 g/mol. The standard InChI is InChI=1S/C11H24N2O2/c1-11(2,10(12)13)6-4-5-7-15-9-8-14-3/h4-9H2,1-3H3,(H3,12,13). The van der Waals surface area contributed by atoms with Gasteiger partial charge in [-0.25, -0.2) is 0 Å². The van der Waals surface area contributed by atoms with Crippen LogP contribution in [0.1, 0.15) is 33.1 Å². The molecule has 0 rings (SSSR count). The lowest BCUT2D eigenvalue weighted by atomic mass is 9.86. The topological polar surface area (TPSA) is 68.3 Å². The quantitative estimate of drug-likeness (QED) is 0.351. The Bertz CT molecular complexity index is 181. The van der Waals surface area contributed by atoms with E-state index in [1.54, 1.807) is 7.11 Å². The van der Waals surface area contributed by atoms with Gasteiger partial charge in [0.15, 0.2) is 0 Å². The average molecular weight is 216 g/mol. The van der Waals surface area contributed by atoms with Crippen LogP contribution in [0.15, 0.2) is 0 Å². The van der Waals surface area contributed by atoms with Crippen LogP contribution < -0.4 is 5.73 Å². The van der Waals surface area contributed by atoms with Crippen molar-refractivity contribution in [3.63, 3.8) is 0 Å². The Kier molecular flexibility index (Phi) is 7.34. The summed E-state index contributed by atoms with van der Waals surface area (Å²) in [5, 5.41) is 7.40. The number of nitrogens with two attached hydrogens (primary N) is 1. The lowest BCUT2D eigenvalue weighted by molar-refractivity contribution is 0.0680. The smallest absolute Gasteiger partial charge is 0.0963 e. The van der Waals surface area contributed by atoms with Crippen molar-refractivity contribution < 1.29 is 9.47 Å². The number of rotatable bonds is 9. The molecule has 4 nitrogen and oxygen atoms in total. The number of ether oxygens (including phenoxy) is 2. The van der Waals surface area contributed by atoms with Crippen LogP contribution in [0.3, 0.4) is 0 Å². The first-order valence-electron chi connectivity index (χ1n) is 5.42. The van der Waals surface area contributed by atoms with Crippen LogP contribution in [0.25, 0.3) is 0 Å². The first-order valence-corrected chi connectivity index (χ1v) is 5.42. The van der Waals surface area contributed by atoms with E-state index in [-0.39, 0.29) is 11.3 Å². The van der Waals surface area contributed by atoms with Crippen molar-refractivity contribution in [3.05, 3.63) is 0 Å². The third-order valence-corrected chi connectivity index (χ3v) is 2.50. The van der Waals surface area contributed by atoms with Gasteiger partial charge in [0.05, 0.1) is 19.0 Å². The summed E-state index contributed by atoms with van der Waals surface area (Å²) >= 11 is 0. The van der Waals surface area contributed by atoms with Gasteiger partial charge in [0.25, 0.3) is 0 Å². The highest BCUT2D eigenvalue weighted by atomic mass is 16.5. The maximum Gasteiger partial charge on any atom is 0.0963 e. The van der Waals surface area contributed by atoms with Gasteiger partial charge in [-0.2, -0.15) is 0 Å². The number of hydrogen-bond donors (Lipinski definition) is 2. The molecule has 0 aromatic rings. The lowest BCUT2D eigenvalue weighted by Gasteiger charge is -2.22. The molecule has 0 aliphatic rings. The molecule has 90 valence electrons. The van der Waals surface area contributed by atoms with Crippen molar-refractivity contribution in [1.82, 2.24) is 0 Å². The number of unbranched alkanes of at least 4 members (excludes halogenated alkanes) is 1. The molecule has 0 heterocycles. The predicted molar refractivity (Wildman–Crippen MR) is 62.2 cm³/mol. The zero-order chi connectivity index (χ0) is 11.7. The largest absolute Gasteiger partial charge is 0.387 e. The van der Waals surface area contributed by atoms with Crippen LogP contribution in [-0.2, 0) is 9.47 Å². The fourth-order valence-corrected chi connectivity index (χ4v) is 1.15. The molecule has 0 spiro atoms. The molecular formula is C11H24N2O2. The van der Waals surface area contributed by atoms with Crippen molar-refractivity contribution >= 4 is 5.84 Å². The van der Waals surface area contributed by atoms with Crippen molar-refractivity contribution in [3.8, 4) is 0 Å². The summed E-state index contributed by atoms with van der Waals surface area (Å²) in [7, 11) is 1.67. The summed E-state index contributed by atoms with van der Waals surface area (Å²) < 4.78 is 10.2. The fraction of sp³-hybridized carbons (Fsp3) is 0.909. The van der Waals surface area contributed by atoms with Crippen LogP contribution in [0.2, 0.25) is 0 Å². The highest BCUT2D eigenvalue weighted by molar-refractivity contribution is 5.82. The van der Waals surface area contributed by atoms with Gasteiger partial charge < -0.3 is 15.2 Å². The third-order valence-electron chi connectivity index (χ3n) is 2.50. The first-order chi connectivity index (χ1) is 7.00. The molecule has 15 heavy (non-hydrogen) atoms. The zero-order valence-electron chi connectivity index (χ0n) is 10.1. The number of methoxy groups -OCH3 is 1. The van der Waals surface area contributed by atoms with Gasteiger partial charge in [-0.1, -0.05) is 20.3 Å². The van der Waals surface area contributed by atoms with E-state index in [9.17, 15) is 0 Å². The van der Waals surface area contributed by atoms with Gasteiger partial charge in [-0.15, -0.1) is 0 Å². The molecule has 0 aromatic heterocycles. The Morgan fingerprint density at radius 3 is 2.40 bits per heavy atom. The van der Waals surface area contributed by atoms with Crippen LogP contribution in [-0.4, -0.2) is 32.8 Å². The van der Waals surface area contributed by atoms with Crippen LogP contribution in [0.5, 0.6) is 0 Å². The summed E-state index contributed by atoms with van der Waals surface area (Å²) in [6.07, 6.45) is 3.00. The number of nitrogens with one attached hydrogen (secondary N) is 1. The minimum absolute atomic E-state index is 0.174. The minimum atomic E-state index is -0.174. The van der Waals surface area contributed by atoms with E-state index in [0.717, 1.165) is 25.9 Å². The molecule has 0 saturated heterocycles. The van der Waals surface area contributed by atoms with Gasteiger partial charge in [0, 0.05) is 19.1 Å². The number of hydrogen-bond acceptors (Lipinski definition) is 3. The van der Waals surface area contributed by atoms with Gasteiger partial charge >= 0.3 is 0 Å². The van der Waals surface area contributed by atoms with Crippen molar-refractivity contribution in [1.29, 1.82) is 5.41 Å². The highest BCUT2D eigenvalue weighted by Gasteiger charge is 2.20. The van der Waals surface area contributed by atoms with Gasteiger partial charge in [0.2, 0.25) is 0 Å². The van der Waals surface area contributed by atoms with E-state index in [1.807, 2.05) is 13.8 Å². The van der Waals surface area contributed by atoms with E-state index >= 15 is 0 Å². The molecule has 0 amide bonds. The maximum absolute atomic E-state index is 7.40. The Hall–Kier alpha value is -0.610. The molecule has 0 bridgehead atoms. The van der Waals surface area contributed by atoms with Crippen LogP contribution in [0.4, 0.5) is 0 Å². The highest BCUT2D eigenvalue weighted by Crippen LogP contribution is 2.22. The van der Waals surface area contributed by atoms with Gasteiger partial charge in [-0.3, -0.25) is 5.41 Å². The van der Waals surface area contributed by atoms with E-state index in [2.05, 4.69) is 0 Å². The van der Waals surface area contributed by atoms with Gasteiger partial charge in [-0.05, 0) is 12.8 Å². The van der Waals surface area contributed by atoms with E-state index < -0.39 is 0 Å². The van der Waals surface area contributed by atoms with Crippen LogP contribution >= 0.6 is 0 Å². The second-order valence-electron chi connectivity index (χ2n) is 4.36. The molecule has 0 aromatic carbocycles. The van der Waals surface area contributed by atoms with E-state index in [4.69, 9.17) is 20.6 Å². The second kappa shape index (κ2) is 7.65. The molecule has 3 N–H and O–H groups in total. The minimum Gasteiger partial charge on any atom is -0.387 e. The summed E-state index contributed by atoms with van der Waals surface area (Å²) in [4.78, 5) is 0. The summed E-state index contributed by atoms with van der Waals surface area (Å²) in [5.41, 5.74) is 5.31. The molecule has 0 aliphatic carbocycles. The summed E-state index contributed by atoms with van der Waals surface area (Å²) in [6.45, 7) is 6.07. The normalized spacial score (nSPS) is 11.7. The van der Waals surface area contributed by atoms with E-state index in [1.165, 1.54) is 0 Å². The Balaban J connectivity index is 3.35. The van der Waals surface area contributed by atoms with Crippen LogP contribution in [0, 0.1) is 10.8 Å². The second-order valence-corrected chi connectivity index (χ2v) is 4.36. The molecule has 0 saturated carbocycles. The molecule has 0 fully saturated rings. The van der Waals surface area contributed by atoms with E-state index in [0.29, 0.717) is 13.2 Å². The Morgan fingerprint density at radius 1 is 1.20 bits per heavy atom. The SMILES string of the molecule is COCCOCCCCC(C)(C)C(=N)N. The van der Waals surface area contributed by atoms with Gasteiger partial charge in [0.1, 0.15) is 0 Å². The number of amidine groups is 1. The third kappa shape index (κ3) is 7.33. The molecule has 0 radical (unpaired) electrons. The van der Waals surface area contributed by atoms with Crippen molar-refractivity contribution in [2.24, 2.45) is 11.1 Å². The maximum atomic E-state index is 7.40. The molecular weight excluding hydrogens is 192 g/mol. The Labute approximate surface area is 92.6 Å². The molecule has 4 heteroatoms. The molecule has 0 aliphatic heterocycles. The fourth-order valence-electron chi connectivity index (χ4n) is 1.15. The molecule has 0 atom stereocenters. The predicted octanol–water partition coefficient (Wildman–Crippen LogP) is 1.78. The zero-order valence-corrected chi connectivity index (χ0v) is 10.1. The average Bonchev–Trinajstić information content (AvgIpc) is 2.16. The molecule has 0 unspecified atom stereocenters. The lowest BCUT2D eigenvalue weighted by Crippen LogP contribution is -2.30. The Morgan fingerprint density at radius 2 is 1.87 bits per heavy atom. The summed E-state index contributed by atoms with van der Waals surface area (Å²) in [5.74, 6) is 0.266. The summed E-state index contributed by atoms with van der Waals surface area (Å²) in [6, 6.07) is 0. The van der Waals surface area contributed by atoms with Crippen molar-refractivity contribution in [2.45, 2.75) is 33.1 Å². The van der Waals surface area contributed by atoms with Crippen molar-refractivity contribution in [2.75, 3.05) is 26.9 Å².